The fourth-order valence-electron chi connectivity index (χ4n) is 4.23. The third-order valence-corrected chi connectivity index (χ3v) is 5.83. The van der Waals surface area contributed by atoms with Gasteiger partial charge < -0.3 is 5.32 Å². The van der Waals surface area contributed by atoms with Gasteiger partial charge in [0.1, 0.15) is 12.1 Å². The molecule has 1 heterocycles. The van der Waals surface area contributed by atoms with Gasteiger partial charge in [-0.3, -0.25) is 9.63 Å². The summed E-state index contributed by atoms with van der Waals surface area (Å²) < 4.78 is 0. The van der Waals surface area contributed by atoms with E-state index in [1.54, 1.807) is 11.1 Å². The van der Waals surface area contributed by atoms with Crippen molar-refractivity contribution in [3.63, 3.8) is 0 Å². The zero-order chi connectivity index (χ0) is 19.1. The molecule has 1 fully saturated rings. The van der Waals surface area contributed by atoms with Crippen LogP contribution in [0, 0.1) is 5.92 Å². The van der Waals surface area contributed by atoms with Crippen LogP contribution >= 0.6 is 11.6 Å². The molecule has 4 nitrogen and oxygen atoms in total. The van der Waals surface area contributed by atoms with Crippen LogP contribution in [0.1, 0.15) is 17.2 Å². The van der Waals surface area contributed by atoms with Gasteiger partial charge in [-0.1, -0.05) is 66.2 Å². The summed E-state index contributed by atoms with van der Waals surface area (Å²) in [5.74, 6) is -0.0719. The van der Waals surface area contributed by atoms with E-state index in [2.05, 4.69) is 17.4 Å². The minimum atomic E-state index is -0.448. The normalized spacial score (nSPS) is 22.6. The highest BCUT2D eigenvalue weighted by atomic mass is 35.5. The maximum atomic E-state index is 13.4. The number of carbonyl (C=O) groups excluding carboxylic acids is 1. The van der Waals surface area contributed by atoms with Gasteiger partial charge in [0.2, 0.25) is 5.91 Å². The molecule has 0 aromatic heterocycles. The second-order valence-electron chi connectivity index (χ2n) is 7.17. The van der Waals surface area contributed by atoms with Gasteiger partial charge in [0.05, 0.1) is 16.4 Å². The number of fused-ring (bicyclic) bond motifs is 3. The molecular formula is C23H19ClN2O2. The number of benzene rings is 3. The molecular weight excluding hydrogens is 372 g/mol. The summed E-state index contributed by atoms with van der Waals surface area (Å²) in [6, 6.07) is 24.9. The Hall–Kier alpha value is -2.82. The van der Waals surface area contributed by atoms with Crippen molar-refractivity contribution >= 4 is 28.9 Å². The predicted octanol–water partition coefficient (Wildman–Crippen LogP) is 5.01. The Morgan fingerprint density at radius 2 is 1.68 bits per heavy atom. The van der Waals surface area contributed by atoms with E-state index < -0.39 is 6.04 Å². The topological polar surface area (TPSA) is 41.6 Å². The Morgan fingerprint density at radius 1 is 0.964 bits per heavy atom. The maximum absolute atomic E-state index is 13.4. The molecule has 5 rings (SSSR count). The molecule has 1 N–H and O–H groups in total. The summed E-state index contributed by atoms with van der Waals surface area (Å²) >= 11 is 6.25. The van der Waals surface area contributed by atoms with Crippen LogP contribution in [0.25, 0.3) is 0 Å². The molecule has 140 valence electrons. The molecule has 1 aliphatic carbocycles. The Morgan fingerprint density at radius 3 is 2.50 bits per heavy atom. The molecule has 3 atom stereocenters. The fourth-order valence-corrected chi connectivity index (χ4v) is 4.41. The molecule has 1 amide bonds. The molecule has 3 unspecified atom stereocenters. The molecule has 5 heteroatoms. The number of nitrogens with zero attached hydrogens (tertiary/aromatic N) is 1. The lowest BCUT2D eigenvalue weighted by molar-refractivity contribution is -0.118. The predicted molar refractivity (Wildman–Crippen MR) is 110 cm³/mol. The van der Waals surface area contributed by atoms with Crippen molar-refractivity contribution in [2.75, 3.05) is 10.4 Å². The molecule has 0 bridgehead atoms. The van der Waals surface area contributed by atoms with Gasteiger partial charge in [-0.2, -0.15) is 0 Å². The smallest absolute Gasteiger partial charge is 0.250 e. The van der Waals surface area contributed by atoms with Crippen LogP contribution < -0.4 is 10.4 Å². The Kier molecular flexibility index (Phi) is 4.30. The van der Waals surface area contributed by atoms with Crippen molar-refractivity contribution < 1.29 is 9.63 Å². The van der Waals surface area contributed by atoms with Gasteiger partial charge in [-0.15, -0.1) is 0 Å². The summed E-state index contributed by atoms with van der Waals surface area (Å²) in [4.78, 5) is 19.7. The van der Waals surface area contributed by atoms with Gasteiger partial charge in [0.15, 0.2) is 0 Å². The number of anilines is 2. The lowest BCUT2D eigenvalue weighted by atomic mass is 9.94. The summed E-state index contributed by atoms with van der Waals surface area (Å²) in [5, 5.41) is 5.28. The average molecular weight is 391 g/mol. The average Bonchev–Trinajstić information content (AvgIpc) is 3.26. The number of para-hydroxylation sites is 2. The van der Waals surface area contributed by atoms with E-state index in [0.29, 0.717) is 10.7 Å². The minimum Gasteiger partial charge on any atom is -0.323 e. The number of hydrogen-bond acceptors (Lipinski definition) is 3. The van der Waals surface area contributed by atoms with Crippen molar-refractivity contribution in [2.45, 2.75) is 18.6 Å². The number of hydroxylamine groups is 1. The molecule has 1 saturated heterocycles. The molecule has 1 aliphatic heterocycles. The number of rotatable bonds is 3. The summed E-state index contributed by atoms with van der Waals surface area (Å²) in [5.41, 5.74) is 3.90. The third kappa shape index (κ3) is 2.86. The first-order valence-electron chi connectivity index (χ1n) is 9.36. The lowest BCUT2D eigenvalue weighted by Gasteiger charge is -2.26. The highest BCUT2D eigenvalue weighted by Gasteiger charge is 2.51. The van der Waals surface area contributed by atoms with Gasteiger partial charge in [0.25, 0.3) is 0 Å². The highest BCUT2D eigenvalue weighted by molar-refractivity contribution is 6.33. The van der Waals surface area contributed by atoms with Crippen molar-refractivity contribution in [1.82, 2.24) is 0 Å². The van der Waals surface area contributed by atoms with Crippen LogP contribution in [0.5, 0.6) is 0 Å². The first-order chi connectivity index (χ1) is 13.7. The van der Waals surface area contributed by atoms with Crippen LogP contribution in [0.15, 0.2) is 78.9 Å². The summed E-state index contributed by atoms with van der Waals surface area (Å²) in [6.45, 7) is 0. The lowest BCUT2D eigenvalue weighted by Crippen LogP contribution is -2.43. The van der Waals surface area contributed by atoms with Crippen LogP contribution in [-0.4, -0.2) is 11.9 Å². The van der Waals surface area contributed by atoms with Crippen molar-refractivity contribution in [3.8, 4) is 0 Å². The second kappa shape index (κ2) is 6.97. The number of amides is 1. The molecule has 3 aromatic rings. The van der Waals surface area contributed by atoms with Crippen molar-refractivity contribution in [3.05, 3.63) is 95.0 Å². The molecule has 3 aromatic carbocycles. The van der Waals surface area contributed by atoms with E-state index in [-0.39, 0.29) is 17.9 Å². The van der Waals surface area contributed by atoms with Gasteiger partial charge >= 0.3 is 0 Å². The third-order valence-electron chi connectivity index (χ3n) is 5.50. The zero-order valence-electron chi connectivity index (χ0n) is 15.1. The van der Waals surface area contributed by atoms with E-state index in [9.17, 15) is 4.79 Å². The zero-order valence-corrected chi connectivity index (χ0v) is 15.8. The Balaban J connectivity index is 1.51. The number of halogens is 1. The summed E-state index contributed by atoms with van der Waals surface area (Å²) in [6.07, 6.45) is 0.684. The van der Waals surface area contributed by atoms with Crippen LogP contribution in [-0.2, 0) is 16.1 Å². The molecule has 28 heavy (non-hydrogen) atoms. The van der Waals surface area contributed by atoms with Crippen LogP contribution in [0.2, 0.25) is 5.02 Å². The second-order valence-corrected chi connectivity index (χ2v) is 7.58. The van der Waals surface area contributed by atoms with E-state index in [0.717, 1.165) is 12.1 Å². The standard InChI is InChI=1S/C23H19ClN2O2/c24-19-12-6-7-13-20(19)25-23(27)21-18-14-15-8-4-5-11-17(15)22(18)28-26(21)16-9-2-1-3-10-16/h1-13,18,21-22H,14H2,(H,25,27). The Bertz CT molecular complexity index is 1020. The van der Waals surface area contributed by atoms with Gasteiger partial charge in [0, 0.05) is 5.92 Å². The number of carbonyl (C=O) groups is 1. The molecule has 0 saturated carbocycles. The van der Waals surface area contributed by atoms with Gasteiger partial charge in [-0.05, 0) is 41.8 Å². The number of nitrogens with one attached hydrogen (secondary N) is 1. The van der Waals surface area contributed by atoms with Gasteiger partial charge in [-0.25, -0.2) is 5.06 Å². The highest BCUT2D eigenvalue weighted by Crippen LogP contribution is 2.48. The molecule has 2 aliphatic rings. The van der Waals surface area contributed by atoms with Crippen LogP contribution in [0.3, 0.4) is 0 Å². The van der Waals surface area contributed by atoms with Crippen molar-refractivity contribution in [2.24, 2.45) is 5.92 Å². The maximum Gasteiger partial charge on any atom is 0.250 e. The Labute approximate surface area is 168 Å². The van der Waals surface area contributed by atoms with Crippen LogP contribution in [0.4, 0.5) is 11.4 Å². The SMILES string of the molecule is O=C(Nc1ccccc1Cl)C1C2Cc3ccccc3C2ON1c1ccccc1. The van der Waals surface area contributed by atoms with E-state index in [4.69, 9.17) is 16.4 Å². The van der Waals surface area contributed by atoms with E-state index in [1.165, 1.54) is 11.1 Å². The fraction of sp³-hybridized carbons (Fsp3) is 0.174. The molecule has 0 radical (unpaired) electrons. The molecule has 0 spiro atoms. The quantitative estimate of drug-likeness (QED) is 0.683. The minimum absolute atomic E-state index is 0.0418. The van der Waals surface area contributed by atoms with Crippen molar-refractivity contribution in [1.29, 1.82) is 0 Å². The van der Waals surface area contributed by atoms with E-state index >= 15 is 0 Å². The summed E-state index contributed by atoms with van der Waals surface area (Å²) in [7, 11) is 0. The van der Waals surface area contributed by atoms with E-state index in [1.807, 2.05) is 60.7 Å². The monoisotopic (exact) mass is 390 g/mol. The largest absolute Gasteiger partial charge is 0.323 e. The number of hydrogen-bond donors (Lipinski definition) is 1. The first kappa shape index (κ1) is 17.3. The first-order valence-corrected chi connectivity index (χ1v) is 9.74.